The quantitative estimate of drug-likeness (QED) is 0.798. The van der Waals surface area contributed by atoms with Crippen LogP contribution in [0.3, 0.4) is 0 Å². The molecule has 0 aromatic heterocycles. The van der Waals surface area contributed by atoms with Crippen molar-refractivity contribution in [3.8, 4) is 5.75 Å². The number of anilines is 1. The first-order valence-electron chi connectivity index (χ1n) is 9.90. The predicted molar refractivity (Wildman–Crippen MR) is 111 cm³/mol. The van der Waals surface area contributed by atoms with E-state index < -0.39 is 0 Å². The van der Waals surface area contributed by atoms with Gasteiger partial charge in [-0.1, -0.05) is 36.4 Å². The molecule has 0 saturated carbocycles. The van der Waals surface area contributed by atoms with E-state index in [2.05, 4.69) is 17.4 Å². The molecule has 1 aliphatic heterocycles. The monoisotopic (exact) mass is 380 g/mol. The van der Waals surface area contributed by atoms with Gasteiger partial charge in [-0.25, -0.2) is 0 Å². The molecule has 28 heavy (non-hydrogen) atoms. The maximum absolute atomic E-state index is 12.7. The zero-order chi connectivity index (χ0) is 19.9. The lowest BCUT2D eigenvalue weighted by atomic mass is 10.1. The number of carbonyl (C=O) groups excluding carboxylic acids is 2. The van der Waals surface area contributed by atoms with Gasteiger partial charge < -0.3 is 15.0 Å². The lowest BCUT2D eigenvalue weighted by Gasteiger charge is -2.30. The fraction of sp³-hybridized carbons (Fsp3) is 0.391. The zero-order valence-corrected chi connectivity index (χ0v) is 16.6. The van der Waals surface area contributed by atoms with Gasteiger partial charge in [0.1, 0.15) is 12.4 Å². The van der Waals surface area contributed by atoms with Crippen molar-refractivity contribution >= 4 is 17.5 Å². The van der Waals surface area contributed by atoms with Gasteiger partial charge in [-0.3, -0.25) is 9.59 Å². The summed E-state index contributed by atoms with van der Waals surface area (Å²) in [6.45, 7) is 4.99. The fourth-order valence-electron chi connectivity index (χ4n) is 3.39. The topological polar surface area (TPSA) is 58.6 Å². The van der Waals surface area contributed by atoms with Gasteiger partial charge in [0.2, 0.25) is 11.8 Å². The van der Waals surface area contributed by atoms with Crippen LogP contribution in [0.5, 0.6) is 5.75 Å². The number of aryl methyl sites for hydroxylation is 2. The maximum atomic E-state index is 12.7. The summed E-state index contributed by atoms with van der Waals surface area (Å²) in [5.74, 6) is 0.609. The second-order valence-corrected chi connectivity index (χ2v) is 7.36. The molecule has 0 bridgehead atoms. The Morgan fingerprint density at radius 1 is 1.14 bits per heavy atom. The molecule has 5 heteroatoms. The molecule has 1 atom stereocenters. The van der Waals surface area contributed by atoms with Crippen LogP contribution in [-0.4, -0.2) is 31.0 Å². The summed E-state index contributed by atoms with van der Waals surface area (Å²) in [6, 6.07) is 16.1. The summed E-state index contributed by atoms with van der Waals surface area (Å²) < 4.78 is 5.63. The minimum atomic E-state index is -0.0772. The Morgan fingerprint density at radius 3 is 2.71 bits per heavy atom. The van der Waals surface area contributed by atoms with E-state index in [4.69, 9.17) is 4.74 Å². The van der Waals surface area contributed by atoms with Crippen molar-refractivity contribution in [2.75, 3.05) is 18.1 Å². The third-order valence-corrected chi connectivity index (χ3v) is 4.96. The number of nitrogens with zero attached hydrogens (tertiary/aromatic N) is 1. The Kier molecular flexibility index (Phi) is 6.69. The van der Waals surface area contributed by atoms with Crippen molar-refractivity contribution in [1.82, 2.24) is 5.32 Å². The highest BCUT2D eigenvalue weighted by atomic mass is 16.5. The molecule has 5 nitrogen and oxygen atoms in total. The van der Waals surface area contributed by atoms with Gasteiger partial charge in [0.05, 0.1) is 12.2 Å². The first-order valence-corrected chi connectivity index (χ1v) is 9.90. The summed E-state index contributed by atoms with van der Waals surface area (Å²) in [5.41, 5.74) is 3.14. The number of hydrogen-bond donors (Lipinski definition) is 1. The highest BCUT2D eigenvalue weighted by Crippen LogP contribution is 2.32. The molecular weight excluding hydrogens is 352 g/mol. The van der Waals surface area contributed by atoms with E-state index in [1.165, 1.54) is 5.56 Å². The highest BCUT2D eigenvalue weighted by molar-refractivity contribution is 5.97. The van der Waals surface area contributed by atoms with Crippen LogP contribution in [0.25, 0.3) is 0 Å². The lowest BCUT2D eigenvalue weighted by molar-refractivity contribution is -0.125. The van der Waals surface area contributed by atoms with E-state index in [1.54, 1.807) is 4.90 Å². The van der Waals surface area contributed by atoms with Crippen LogP contribution in [0.15, 0.2) is 48.5 Å². The van der Waals surface area contributed by atoms with Crippen LogP contribution in [0.4, 0.5) is 5.69 Å². The SMILES string of the molecule is Cc1ccc2c(c1)N(C(=O)CCC(=O)N[C@@H](C)CCc1ccccc1)CCO2. The van der Waals surface area contributed by atoms with E-state index in [-0.39, 0.29) is 30.7 Å². The molecule has 0 saturated heterocycles. The van der Waals surface area contributed by atoms with Gasteiger partial charge in [0.25, 0.3) is 0 Å². The second kappa shape index (κ2) is 9.40. The van der Waals surface area contributed by atoms with E-state index in [9.17, 15) is 9.59 Å². The average molecular weight is 380 g/mol. The van der Waals surface area contributed by atoms with Crippen molar-refractivity contribution in [2.24, 2.45) is 0 Å². The van der Waals surface area contributed by atoms with Gasteiger partial charge in [-0.05, 0) is 49.9 Å². The molecule has 0 spiro atoms. The number of benzene rings is 2. The Morgan fingerprint density at radius 2 is 1.93 bits per heavy atom. The Balaban J connectivity index is 1.46. The molecule has 0 aliphatic carbocycles. The number of amides is 2. The third kappa shape index (κ3) is 5.35. The summed E-state index contributed by atoms with van der Waals surface area (Å²) in [4.78, 5) is 26.6. The summed E-state index contributed by atoms with van der Waals surface area (Å²) in [7, 11) is 0. The smallest absolute Gasteiger partial charge is 0.227 e. The predicted octanol–water partition coefficient (Wildman–Crippen LogP) is 3.64. The molecule has 0 radical (unpaired) electrons. The molecule has 2 aromatic rings. The van der Waals surface area contributed by atoms with Crippen LogP contribution in [0.1, 0.15) is 37.3 Å². The van der Waals surface area contributed by atoms with Crippen LogP contribution in [-0.2, 0) is 16.0 Å². The number of fused-ring (bicyclic) bond motifs is 1. The van der Waals surface area contributed by atoms with Crippen LogP contribution >= 0.6 is 0 Å². The van der Waals surface area contributed by atoms with E-state index >= 15 is 0 Å². The van der Waals surface area contributed by atoms with Crippen LogP contribution in [0, 0.1) is 6.92 Å². The maximum Gasteiger partial charge on any atom is 0.227 e. The molecule has 1 heterocycles. The molecule has 1 aliphatic rings. The largest absolute Gasteiger partial charge is 0.490 e. The van der Waals surface area contributed by atoms with Gasteiger partial charge in [0.15, 0.2) is 0 Å². The summed E-state index contributed by atoms with van der Waals surface area (Å²) in [5, 5.41) is 3.00. The van der Waals surface area contributed by atoms with Crippen molar-refractivity contribution in [2.45, 2.75) is 45.6 Å². The van der Waals surface area contributed by atoms with Gasteiger partial charge in [-0.15, -0.1) is 0 Å². The van der Waals surface area contributed by atoms with Gasteiger partial charge in [0, 0.05) is 18.9 Å². The van der Waals surface area contributed by atoms with Crippen molar-refractivity contribution in [3.05, 3.63) is 59.7 Å². The van der Waals surface area contributed by atoms with Crippen molar-refractivity contribution < 1.29 is 14.3 Å². The van der Waals surface area contributed by atoms with Gasteiger partial charge in [-0.2, -0.15) is 0 Å². The summed E-state index contributed by atoms with van der Waals surface area (Å²) >= 11 is 0. The molecule has 148 valence electrons. The van der Waals surface area contributed by atoms with Crippen molar-refractivity contribution in [1.29, 1.82) is 0 Å². The number of nitrogens with one attached hydrogen (secondary N) is 1. The molecule has 1 N–H and O–H groups in total. The van der Waals surface area contributed by atoms with Crippen LogP contribution in [0.2, 0.25) is 0 Å². The Labute approximate surface area is 166 Å². The number of hydrogen-bond acceptors (Lipinski definition) is 3. The summed E-state index contributed by atoms with van der Waals surface area (Å²) in [6.07, 6.45) is 2.20. The van der Waals surface area contributed by atoms with Gasteiger partial charge >= 0.3 is 0 Å². The van der Waals surface area contributed by atoms with Crippen LogP contribution < -0.4 is 15.0 Å². The van der Waals surface area contributed by atoms with E-state index in [0.717, 1.165) is 29.8 Å². The number of rotatable bonds is 7. The number of carbonyl (C=O) groups is 2. The van der Waals surface area contributed by atoms with E-state index in [0.29, 0.717) is 13.2 Å². The second-order valence-electron chi connectivity index (χ2n) is 7.36. The molecule has 3 rings (SSSR count). The van der Waals surface area contributed by atoms with Crippen molar-refractivity contribution in [3.63, 3.8) is 0 Å². The standard InChI is InChI=1S/C23H28N2O3/c1-17-8-11-21-20(16-17)25(14-15-28-21)23(27)13-12-22(26)24-18(2)9-10-19-6-4-3-5-7-19/h3-8,11,16,18H,9-10,12-15H2,1-2H3,(H,24,26)/t18-/m0/s1. The molecule has 0 unspecified atom stereocenters. The minimum absolute atomic E-state index is 0.0396. The first-order chi connectivity index (χ1) is 13.5. The molecular formula is C23H28N2O3. The first kappa shape index (κ1) is 19.9. The fourth-order valence-corrected chi connectivity index (χ4v) is 3.39. The lowest BCUT2D eigenvalue weighted by Crippen LogP contribution is -2.39. The Bertz CT molecular complexity index is 820. The number of ether oxygens (including phenoxy) is 1. The zero-order valence-electron chi connectivity index (χ0n) is 16.6. The minimum Gasteiger partial charge on any atom is -0.490 e. The highest BCUT2D eigenvalue weighted by Gasteiger charge is 2.24. The van der Waals surface area contributed by atoms with E-state index in [1.807, 2.05) is 50.2 Å². The average Bonchev–Trinajstić information content (AvgIpc) is 2.70. The molecule has 2 amide bonds. The normalized spacial score (nSPS) is 14.0. The Hall–Kier alpha value is -2.82. The third-order valence-electron chi connectivity index (χ3n) is 4.96. The molecule has 2 aromatic carbocycles. The molecule has 0 fully saturated rings.